The SMILES string of the molecule is CCC(=O)C(=O)c1ccc(SC)cc1. The van der Waals surface area contributed by atoms with E-state index in [2.05, 4.69) is 0 Å². The first-order chi connectivity index (χ1) is 6.69. The minimum Gasteiger partial charge on any atom is -0.290 e. The van der Waals surface area contributed by atoms with Gasteiger partial charge in [-0.2, -0.15) is 0 Å². The van der Waals surface area contributed by atoms with Crippen molar-refractivity contribution < 1.29 is 9.59 Å². The highest BCUT2D eigenvalue weighted by Crippen LogP contribution is 2.15. The molecular weight excluding hydrogens is 196 g/mol. The molecule has 0 heterocycles. The van der Waals surface area contributed by atoms with Crippen LogP contribution in [-0.2, 0) is 4.79 Å². The van der Waals surface area contributed by atoms with Crippen LogP contribution in [0.15, 0.2) is 29.2 Å². The van der Waals surface area contributed by atoms with Crippen molar-refractivity contribution >= 4 is 23.3 Å². The third-order valence-corrected chi connectivity index (χ3v) is 2.67. The molecule has 0 amide bonds. The smallest absolute Gasteiger partial charge is 0.228 e. The van der Waals surface area contributed by atoms with E-state index in [1.54, 1.807) is 30.8 Å². The second-order valence-electron chi connectivity index (χ2n) is 2.83. The number of carbonyl (C=O) groups excluding carboxylic acids is 2. The molecule has 0 aliphatic rings. The average molecular weight is 208 g/mol. The van der Waals surface area contributed by atoms with Crippen LogP contribution in [0.5, 0.6) is 0 Å². The van der Waals surface area contributed by atoms with Crippen molar-refractivity contribution in [1.82, 2.24) is 0 Å². The molecular formula is C11H12O2S. The summed E-state index contributed by atoms with van der Waals surface area (Å²) in [6, 6.07) is 7.09. The lowest BCUT2D eigenvalue weighted by Gasteiger charge is -1.99. The average Bonchev–Trinajstić information content (AvgIpc) is 2.27. The molecule has 2 nitrogen and oxygen atoms in total. The zero-order valence-electron chi connectivity index (χ0n) is 8.24. The molecule has 0 aliphatic carbocycles. The molecule has 0 aliphatic heterocycles. The van der Waals surface area contributed by atoms with Gasteiger partial charge in [0, 0.05) is 16.9 Å². The molecule has 0 bridgehead atoms. The Kier molecular flexibility index (Phi) is 3.89. The molecule has 1 aromatic carbocycles. The van der Waals surface area contributed by atoms with E-state index in [1.165, 1.54) is 0 Å². The van der Waals surface area contributed by atoms with Crippen LogP contribution < -0.4 is 0 Å². The fraction of sp³-hybridized carbons (Fsp3) is 0.273. The first-order valence-corrected chi connectivity index (χ1v) is 5.63. The van der Waals surface area contributed by atoms with E-state index in [9.17, 15) is 9.59 Å². The lowest BCUT2D eigenvalue weighted by atomic mass is 10.1. The molecule has 1 aromatic rings. The molecule has 0 saturated heterocycles. The van der Waals surface area contributed by atoms with Gasteiger partial charge in [-0.1, -0.05) is 6.92 Å². The molecule has 14 heavy (non-hydrogen) atoms. The zero-order valence-corrected chi connectivity index (χ0v) is 9.06. The number of benzene rings is 1. The van der Waals surface area contributed by atoms with Gasteiger partial charge < -0.3 is 0 Å². The monoisotopic (exact) mass is 208 g/mol. The van der Waals surface area contributed by atoms with Gasteiger partial charge in [0.15, 0.2) is 0 Å². The number of ketones is 2. The summed E-state index contributed by atoms with van der Waals surface area (Å²) in [5.74, 6) is -0.720. The maximum atomic E-state index is 11.4. The molecule has 0 aromatic heterocycles. The maximum Gasteiger partial charge on any atom is 0.228 e. The van der Waals surface area contributed by atoms with Crippen molar-refractivity contribution in [3.8, 4) is 0 Å². The topological polar surface area (TPSA) is 34.1 Å². The molecule has 0 radical (unpaired) electrons. The van der Waals surface area contributed by atoms with Crippen molar-refractivity contribution in [2.24, 2.45) is 0 Å². The number of hydrogen-bond acceptors (Lipinski definition) is 3. The zero-order chi connectivity index (χ0) is 10.6. The quantitative estimate of drug-likeness (QED) is 0.433. The summed E-state index contributed by atoms with van der Waals surface area (Å²) in [6.45, 7) is 1.69. The van der Waals surface area contributed by atoms with Gasteiger partial charge >= 0.3 is 0 Å². The highest BCUT2D eigenvalue weighted by Gasteiger charge is 2.13. The van der Waals surface area contributed by atoms with Crippen LogP contribution >= 0.6 is 11.8 Å². The van der Waals surface area contributed by atoms with Crippen molar-refractivity contribution in [2.75, 3.05) is 6.26 Å². The van der Waals surface area contributed by atoms with Crippen molar-refractivity contribution in [2.45, 2.75) is 18.2 Å². The summed E-state index contributed by atoms with van der Waals surface area (Å²) in [4.78, 5) is 23.6. The Morgan fingerprint density at radius 2 is 1.79 bits per heavy atom. The van der Waals surface area contributed by atoms with Gasteiger partial charge in [0.2, 0.25) is 11.6 Å². The van der Waals surface area contributed by atoms with Crippen LogP contribution in [0.25, 0.3) is 0 Å². The van der Waals surface area contributed by atoms with Crippen LogP contribution in [0.3, 0.4) is 0 Å². The first kappa shape index (κ1) is 11.0. The van der Waals surface area contributed by atoms with E-state index in [4.69, 9.17) is 0 Å². The largest absolute Gasteiger partial charge is 0.290 e. The van der Waals surface area contributed by atoms with E-state index < -0.39 is 0 Å². The number of rotatable bonds is 4. The Bertz CT molecular complexity index is 341. The lowest BCUT2D eigenvalue weighted by molar-refractivity contribution is -0.114. The molecule has 0 N–H and O–H groups in total. The normalized spacial score (nSPS) is 9.86. The second kappa shape index (κ2) is 4.96. The van der Waals surface area contributed by atoms with Crippen molar-refractivity contribution in [1.29, 1.82) is 0 Å². The summed E-state index contributed by atoms with van der Waals surface area (Å²) in [5, 5.41) is 0. The Morgan fingerprint density at radius 1 is 1.21 bits per heavy atom. The summed E-state index contributed by atoms with van der Waals surface area (Å²) in [6.07, 6.45) is 2.23. The predicted molar refractivity (Wildman–Crippen MR) is 57.9 cm³/mol. The summed E-state index contributed by atoms with van der Waals surface area (Å²) >= 11 is 1.61. The molecule has 0 spiro atoms. The molecule has 0 atom stereocenters. The highest BCUT2D eigenvalue weighted by molar-refractivity contribution is 7.98. The lowest BCUT2D eigenvalue weighted by Crippen LogP contribution is -2.12. The van der Waals surface area contributed by atoms with E-state index in [1.807, 2.05) is 18.4 Å². The van der Waals surface area contributed by atoms with Gasteiger partial charge in [0.25, 0.3) is 0 Å². The first-order valence-electron chi connectivity index (χ1n) is 4.40. The fourth-order valence-electron chi connectivity index (χ4n) is 1.06. The summed E-state index contributed by atoms with van der Waals surface area (Å²) < 4.78 is 0. The van der Waals surface area contributed by atoms with Gasteiger partial charge in [-0.3, -0.25) is 9.59 Å². The fourth-order valence-corrected chi connectivity index (χ4v) is 1.47. The van der Waals surface area contributed by atoms with Crippen LogP contribution in [-0.4, -0.2) is 17.8 Å². The molecule has 1 rings (SSSR count). The maximum absolute atomic E-state index is 11.4. The van der Waals surface area contributed by atoms with Gasteiger partial charge in [0.1, 0.15) is 0 Å². The van der Waals surface area contributed by atoms with Crippen molar-refractivity contribution in [3.05, 3.63) is 29.8 Å². The minimum atomic E-state index is -0.389. The van der Waals surface area contributed by atoms with Crippen molar-refractivity contribution in [3.63, 3.8) is 0 Å². The van der Waals surface area contributed by atoms with Gasteiger partial charge in [0.05, 0.1) is 0 Å². The van der Waals surface area contributed by atoms with Gasteiger partial charge in [-0.15, -0.1) is 11.8 Å². The number of hydrogen-bond donors (Lipinski definition) is 0. The van der Waals surface area contributed by atoms with Gasteiger partial charge in [-0.25, -0.2) is 0 Å². The highest BCUT2D eigenvalue weighted by atomic mass is 32.2. The summed E-state index contributed by atoms with van der Waals surface area (Å²) in [7, 11) is 0. The van der Waals surface area contributed by atoms with E-state index in [0.29, 0.717) is 5.56 Å². The summed E-state index contributed by atoms with van der Waals surface area (Å²) in [5.41, 5.74) is 0.481. The molecule has 0 fully saturated rings. The Balaban J connectivity index is 2.87. The Labute approximate surface area is 87.7 Å². The molecule has 0 saturated carbocycles. The van der Waals surface area contributed by atoms with Crippen LogP contribution in [0, 0.1) is 0 Å². The number of carbonyl (C=O) groups is 2. The van der Waals surface area contributed by atoms with E-state index in [0.717, 1.165) is 4.90 Å². The van der Waals surface area contributed by atoms with Crippen LogP contribution in [0.2, 0.25) is 0 Å². The van der Waals surface area contributed by atoms with Gasteiger partial charge in [-0.05, 0) is 30.5 Å². The predicted octanol–water partition coefficient (Wildman–Crippen LogP) is 2.57. The van der Waals surface area contributed by atoms with Crippen LogP contribution in [0.1, 0.15) is 23.7 Å². The standard InChI is InChI=1S/C11H12O2S/c1-3-10(12)11(13)8-4-6-9(14-2)7-5-8/h4-7H,3H2,1-2H3. The van der Waals surface area contributed by atoms with E-state index in [-0.39, 0.29) is 18.0 Å². The van der Waals surface area contributed by atoms with Crippen LogP contribution in [0.4, 0.5) is 0 Å². The third-order valence-electron chi connectivity index (χ3n) is 1.93. The second-order valence-corrected chi connectivity index (χ2v) is 3.71. The molecule has 74 valence electrons. The third kappa shape index (κ3) is 2.45. The van der Waals surface area contributed by atoms with E-state index >= 15 is 0 Å². The minimum absolute atomic E-state index is 0.267. The molecule has 0 unspecified atom stereocenters. The Morgan fingerprint density at radius 3 is 2.21 bits per heavy atom. The molecule has 3 heteroatoms. The Hall–Kier alpha value is -1.09. The number of Topliss-reactive ketones (excluding diaryl/α,β-unsaturated/α-hetero) is 2. The number of thioether (sulfide) groups is 1.